The van der Waals surface area contributed by atoms with Crippen LogP contribution in [0.3, 0.4) is 0 Å². The van der Waals surface area contributed by atoms with Crippen molar-refractivity contribution in [1.82, 2.24) is 14.9 Å². The van der Waals surface area contributed by atoms with E-state index in [1.54, 1.807) is 6.33 Å². The van der Waals surface area contributed by atoms with Crippen molar-refractivity contribution in [2.45, 2.75) is 31.7 Å². The van der Waals surface area contributed by atoms with Crippen molar-refractivity contribution in [3.63, 3.8) is 0 Å². The lowest BCUT2D eigenvalue weighted by Crippen LogP contribution is -2.45. The number of aromatic nitrogens is 2. The third kappa shape index (κ3) is 3.17. The van der Waals surface area contributed by atoms with Gasteiger partial charge in [0.1, 0.15) is 18.0 Å². The molecule has 1 aromatic rings. The van der Waals surface area contributed by atoms with E-state index in [9.17, 15) is 4.79 Å². The molecule has 3 aliphatic heterocycles. The van der Waals surface area contributed by atoms with Crippen molar-refractivity contribution >= 4 is 17.5 Å². The first-order valence-electron chi connectivity index (χ1n) is 9.00. The number of hydrogen-bond donors (Lipinski definition) is 0. The van der Waals surface area contributed by atoms with Crippen molar-refractivity contribution in [3.05, 3.63) is 12.4 Å². The molecule has 3 fully saturated rings. The van der Waals surface area contributed by atoms with Crippen LogP contribution in [0.25, 0.3) is 0 Å². The molecular weight excluding hydrogens is 306 g/mol. The summed E-state index contributed by atoms with van der Waals surface area (Å²) in [7, 11) is 0. The van der Waals surface area contributed by atoms with Gasteiger partial charge in [0.2, 0.25) is 5.91 Å². The fourth-order valence-electron chi connectivity index (χ4n) is 3.94. The zero-order valence-corrected chi connectivity index (χ0v) is 14.1. The lowest BCUT2D eigenvalue weighted by Gasteiger charge is -2.37. The highest BCUT2D eigenvalue weighted by Gasteiger charge is 2.31. The number of carbonyl (C=O) groups excluding carboxylic acids is 1. The number of hydrogen-bond acceptors (Lipinski definition) is 6. The number of amides is 1. The highest BCUT2D eigenvalue weighted by molar-refractivity contribution is 5.78. The van der Waals surface area contributed by atoms with Crippen LogP contribution in [0, 0.1) is 0 Å². The van der Waals surface area contributed by atoms with Crippen molar-refractivity contribution < 1.29 is 9.53 Å². The average Bonchev–Trinajstić information content (AvgIpc) is 3.09. The minimum Gasteiger partial charge on any atom is -0.378 e. The molecule has 4 rings (SSSR count). The monoisotopic (exact) mass is 331 g/mol. The molecule has 24 heavy (non-hydrogen) atoms. The third-order valence-electron chi connectivity index (χ3n) is 5.31. The van der Waals surface area contributed by atoms with Gasteiger partial charge in [-0.15, -0.1) is 0 Å². The second kappa shape index (κ2) is 6.93. The van der Waals surface area contributed by atoms with Gasteiger partial charge in [-0.2, -0.15) is 0 Å². The van der Waals surface area contributed by atoms with E-state index in [0.29, 0.717) is 11.9 Å². The van der Waals surface area contributed by atoms with Crippen molar-refractivity contribution in [3.8, 4) is 0 Å². The van der Waals surface area contributed by atoms with E-state index in [4.69, 9.17) is 4.74 Å². The summed E-state index contributed by atoms with van der Waals surface area (Å²) in [6.45, 7) is 6.13. The SMILES string of the molecule is O=C1CCCN1C1CCN(c2cc(N3CCOCC3)ncn2)CC1. The average molecular weight is 331 g/mol. The topological polar surface area (TPSA) is 61.8 Å². The van der Waals surface area contributed by atoms with Crippen LogP contribution in [-0.4, -0.2) is 72.8 Å². The maximum atomic E-state index is 11.9. The van der Waals surface area contributed by atoms with Crippen LogP contribution in [-0.2, 0) is 9.53 Å². The Hall–Kier alpha value is -1.89. The fraction of sp³-hybridized carbons (Fsp3) is 0.706. The molecule has 0 bridgehead atoms. The summed E-state index contributed by atoms with van der Waals surface area (Å²) in [5, 5.41) is 0. The number of ether oxygens (including phenoxy) is 1. The summed E-state index contributed by atoms with van der Waals surface area (Å²) in [5.74, 6) is 2.32. The molecule has 0 aromatic carbocycles. The van der Waals surface area contributed by atoms with Crippen molar-refractivity contribution in [2.24, 2.45) is 0 Å². The van der Waals surface area contributed by atoms with Crippen LogP contribution in [0.5, 0.6) is 0 Å². The van der Waals surface area contributed by atoms with Gasteiger partial charge < -0.3 is 19.4 Å². The Bertz CT molecular complexity index is 582. The predicted octanol–water partition coefficient (Wildman–Crippen LogP) is 0.904. The van der Waals surface area contributed by atoms with E-state index in [0.717, 1.165) is 83.3 Å². The second-order valence-electron chi connectivity index (χ2n) is 6.74. The third-order valence-corrected chi connectivity index (χ3v) is 5.31. The first-order chi connectivity index (χ1) is 11.8. The van der Waals surface area contributed by atoms with Gasteiger partial charge in [0.15, 0.2) is 0 Å². The number of morpholine rings is 1. The predicted molar refractivity (Wildman–Crippen MR) is 91.2 cm³/mol. The Morgan fingerprint density at radius 1 is 0.958 bits per heavy atom. The van der Waals surface area contributed by atoms with E-state index >= 15 is 0 Å². The van der Waals surface area contributed by atoms with Gasteiger partial charge in [0, 0.05) is 51.3 Å². The summed E-state index contributed by atoms with van der Waals surface area (Å²) in [6.07, 6.45) is 5.48. The zero-order chi connectivity index (χ0) is 16.4. The van der Waals surface area contributed by atoms with E-state index in [1.807, 2.05) is 0 Å². The zero-order valence-electron chi connectivity index (χ0n) is 14.1. The normalized spacial score (nSPS) is 23.2. The van der Waals surface area contributed by atoms with E-state index in [-0.39, 0.29) is 0 Å². The molecule has 0 atom stereocenters. The molecule has 1 amide bonds. The fourth-order valence-corrected chi connectivity index (χ4v) is 3.94. The second-order valence-corrected chi connectivity index (χ2v) is 6.74. The van der Waals surface area contributed by atoms with Gasteiger partial charge in [-0.25, -0.2) is 9.97 Å². The van der Waals surface area contributed by atoms with Crippen molar-refractivity contribution in [2.75, 3.05) is 55.7 Å². The molecule has 0 unspecified atom stereocenters. The lowest BCUT2D eigenvalue weighted by molar-refractivity contribution is -0.130. The molecule has 0 saturated carbocycles. The standard InChI is InChI=1S/C17H25N5O2/c23-17-2-1-5-22(17)14-3-6-20(7-4-14)15-12-16(19-13-18-15)21-8-10-24-11-9-21/h12-14H,1-11H2. The van der Waals surface area contributed by atoms with Crippen LogP contribution in [0.2, 0.25) is 0 Å². The minimum absolute atomic E-state index is 0.338. The first kappa shape index (κ1) is 15.6. The van der Waals surface area contributed by atoms with E-state index < -0.39 is 0 Å². The molecule has 1 aromatic heterocycles. The number of piperidine rings is 1. The Balaban J connectivity index is 1.39. The molecular formula is C17H25N5O2. The van der Waals surface area contributed by atoms with Gasteiger partial charge >= 0.3 is 0 Å². The van der Waals surface area contributed by atoms with Gasteiger partial charge in [-0.3, -0.25) is 4.79 Å². The highest BCUT2D eigenvalue weighted by atomic mass is 16.5. The summed E-state index contributed by atoms with van der Waals surface area (Å²) in [5.41, 5.74) is 0. The summed E-state index contributed by atoms with van der Waals surface area (Å²) in [4.78, 5) is 27.5. The van der Waals surface area contributed by atoms with Gasteiger partial charge in [-0.05, 0) is 19.3 Å². The highest BCUT2D eigenvalue weighted by Crippen LogP contribution is 2.26. The van der Waals surface area contributed by atoms with Gasteiger partial charge in [0.25, 0.3) is 0 Å². The van der Waals surface area contributed by atoms with Crippen LogP contribution in [0.15, 0.2) is 12.4 Å². The molecule has 0 N–H and O–H groups in total. The summed E-state index contributed by atoms with van der Waals surface area (Å²) < 4.78 is 5.41. The largest absolute Gasteiger partial charge is 0.378 e. The summed E-state index contributed by atoms with van der Waals surface area (Å²) >= 11 is 0. The molecule has 0 aliphatic carbocycles. The van der Waals surface area contributed by atoms with Crippen LogP contribution in [0.4, 0.5) is 11.6 Å². The molecule has 4 heterocycles. The van der Waals surface area contributed by atoms with Crippen LogP contribution in [0.1, 0.15) is 25.7 Å². The number of rotatable bonds is 3. The van der Waals surface area contributed by atoms with Gasteiger partial charge in [-0.1, -0.05) is 0 Å². The molecule has 7 nitrogen and oxygen atoms in total. The molecule has 0 spiro atoms. The Kier molecular flexibility index (Phi) is 4.51. The maximum absolute atomic E-state index is 11.9. The van der Waals surface area contributed by atoms with Crippen LogP contribution < -0.4 is 9.80 Å². The quantitative estimate of drug-likeness (QED) is 0.820. The smallest absolute Gasteiger partial charge is 0.222 e. The number of likely N-dealkylation sites (tertiary alicyclic amines) is 1. The number of anilines is 2. The molecule has 3 aliphatic rings. The van der Waals surface area contributed by atoms with E-state index in [1.165, 1.54) is 0 Å². The molecule has 0 radical (unpaired) electrons. The molecule has 7 heteroatoms. The van der Waals surface area contributed by atoms with Gasteiger partial charge in [0.05, 0.1) is 13.2 Å². The minimum atomic E-state index is 0.338. The van der Waals surface area contributed by atoms with Crippen LogP contribution >= 0.6 is 0 Å². The van der Waals surface area contributed by atoms with E-state index in [2.05, 4.69) is 30.7 Å². The lowest BCUT2D eigenvalue weighted by atomic mass is 10.0. The maximum Gasteiger partial charge on any atom is 0.222 e. The molecule has 130 valence electrons. The summed E-state index contributed by atoms with van der Waals surface area (Å²) in [6, 6.07) is 2.50. The number of nitrogens with zero attached hydrogens (tertiary/aromatic N) is 5. The van der Waals surface area contributed by atoms with Crippen molar-refractivity contribution in [1.29, 1.82) is 0 Å². The number of carbonyl (C=O) groups is 1. The molecule has 3 saturated heterocycles. The first-order valence-corrected chi connectivity index (χ1v) is 9.00. The Labute approximate surface area is 142 Å². The Morgan fingerprint density at radius 2 is 1.62 bits per heavy atom. The Morgan fingerprint density at radius 3 is 2.25 bits per heavy atom.